The zero-order chi connectivity index (χ0) is 16.9. The molecular formula is C17H22ClN3O3. The first kappa shape index (κ1) is 17.2. The minimum atomic E-state index is -0.591. The highest BCUT2D eigenvalue weighted by molar-refractivity contribution is 6.39. The van der Waals surface area contributed by atoms with Crippen LogP contribution < -0.4 is 5.32 Å². The van der Waals surface area contributed by atoms with Crippen LogP contribution in [0, 0.1) is 0 Å². The average Bonchev–Trinajstić information content (AvgIpc) is 3.05. The van der Waals surface area contributed by atoms with E-state index in [9.17, 15) is 9.59 Å². The number of rotatable bonds is 3. The van der Waals surface area contributed by atoms with Crippen LogP contribution in [0.1, 0.15) is 12.8 Å². The second-order valence-corrected chi connectivity index (χ2v) is 6.61. The number of anilines is 1. The topological polar surface area (TPSA) is 61.9 Å². The number of benzene rings is 1. The monoisotopic (exact) mass is 351 g/mol. The lowest BCUT2D eigenvalue weighted by atomic mass is 10.2. The SMILES string of the molecule is O=C(Nc1ccc(Cl)cc1)C(=O)N1CCC[C@@H]1CN1CCOCC1. The van der Waals surface area contributed by atoms with Gasteiger partial charge in [0.25, 0.3) is 0 Å². The van der Waals surface area contributed by atoms with Crippen molar-refractivity contribution >= 4 is 29.1 Å². The number of hydrogen-bond donors (Lipinski definition) is 1. The van der Waals surface area contributed by atoms with Crippen LogP contribution >= 0.6 is 11.6 Å². The van der Waals surface area contributed by atoms with Crippen molar-refractivity contribution in [1.82, 2.24) is 9.80 Å². The van der Waals surface area contributed by atoms with Crippen LogP contribution in [0.2, 0.25) is 5.02 Å². The summed E-state index contributed by atoms with van der Waals surface area (Å²) in [6.45, 7) is 4.69. The molecule has 0 spiro atoms. The molecule has 130 valence electrons. The van der Waals surface area contributed by atoms with E-state index in [0.29, 0.717) is 17.3 Å². The summed E-state index contributed by atoms with van der Waals surface area (Å²) in [5.74, 6) is -1.05. The number of ether oxygens (including phenoxy) is 1. The lowest BCUT2D eigenvalue weighted by molar-refractivity contribution is -0.144. The van der Waals surface area contributed by atoms with Gasteiger partial charge in [0.2, 0.25) is 0 Å². The van der Waals surface area contributed by atoms with Gasteiger partial charge in [0.1, 0.15) is 0 Å². The highest BCUT2D eigenvalue weighted by Crippen LogP contribution is 2.20. The molecule has 1 aromatic rings. The van der Waals surface area contributed by atoms with E-state index in [1.807, 2.05) is 0 Å². The van der Waals surface area contributed by atoms with E-state index in [0.717, 1.165) is 45.7 Å². The first-order chi connectivity index (χ1) is 11.6. The van der Waals surface area contributed by atoms with Gasteiger partial charge in [-0.1, -0.05) is 11.6 Å². The Morgan fingerprint density at radius 1 is 1.17 bits per heavy atom. The fourth-order valence-corrected chi connectivity index (χ4v) is 3.35. The molecule has 6 nitrogen and oxygen atoms in total. The molecule has 1 N–H and O–H groups in total. The number of carbonyl (C=O) groups excluding carboxylic acids is 2. The number of carbonyl (C=O) groups is 2. The third-order valence-corrected chi connectivity index (χ3v) is 4.76. The molecule has 2 aliphatic heterocycles. The summed E-state index contributed by atoms with van der Waals surface area (Å²) < 4.78 is 5.36. The fourth-order valence-electron chi connectivity index (χ4n) is 3.22. The fraction of sp³-hybridized carbons (Fsp3) is 0.529. The number of likely N-dealkylation sites (tertiary alicyclic amines) is 1. The van der Waals surface area contributed by atoms with E-state index in [4.69, 9.17) is 16.3 Å². The maximum Gasteiger partial charge on any atom is 0.313 e. The number of nitrogens with one attached hydrogen (secondary N) is 1. The number of nitrogens with zero attached hydrogens (tertiary/aromatic N) is 2. The molecule has 7 heteroatoms. The largest absolute Gasteiger partial charge is 0.379 e. The first-order valence-corrected chi connectivity index (χ1v) is 8.69. The van der Waals surface area contributed by atoms with E-state index in [-0.39, 0.29) is 6.04 Å². The van der Waals surface area contributed by atoms with E-state index in [1.54, 1.807) is 29.2 Å². The maximum absolute atomic E-state index is 12.5. The molecule has 0 bridgehead atoms. The predicted octanol–water partition coefficient (Wildman–Crippen LogP) is 1.60. The van der Waals surface area contributed by atoms with E-state index in [1.165, 1.54) is 0 Å². The number of amides is 2. The molecule has 2 heterocycles. The quantitative estimate of drug-likeness (QED) is 0.840. The summed E-state index contributed by atoms with van der Waals surface area (Å²) in [6.07, 6.45) is 1.88. The summed E-state index contributed by atoms with van der Waals surface area (Å²) in [5.41, 5.74) is 0.571. The number of halogens is 1. The zero-order valence-electron chi connectivity index (χ0n) is 13.5. The Hall–Kier alpha value is -1.63. The normalized spacial score (nSPS) is 21.7. The van der Waals surface area contributed by atoms with Gasteiger partial charge >= 0.3 is 11.8 Å². The molecule has 1 atom stereocenters. The molecule has 24 heavy (non-hydrogen) atoms. The molecule has 3 rings (SSSR count). The second kappa shape index (κ2) is 7.96. The first-order valence-electron chi connectivity index (χ1n) is 8.31. The van der Waals surface area contributed by atoms with Crippen molar-refractivity contribution in [1.29, 1.82) is 0 Å². The van der Waals surface area contributed by atoms with Crippen LogP contribution in [0.25, 0.3) is 0 Å². The van der Waals surface area contributed by atoms with Crippen LogP contribution in [-0.4, -0.2) is 67.0 Å². The van der Waals surface area contributed by atoms with Crippen LogP contribution in [0.15, 0.2) is 24.3 Å². The summed E-state index contributed by atoms with van der Waals surface area (Å²) in [5, 5.41) is 3.24. The van der Waals surface area contributed by atoms with Gasteiger partial charge in [-0.05, 0) is 37.1 Å². The summed E-state index contributed by atoms with van der Waals surface area (Å²) in [7, 11) is 0. The van der Waals surface area contributed by atoms with Crippen molar-refractivity contribution in [2.45, 2.75) is 18.9 Å². The average molecular weight is 352 g/mol. The van der Waals surface area contributed by atoms with Crippen molar-refractivity contribution in [3.8, 4) is 0 Å². The smallest absolute Gasteiger partial charge is 0.313 e. The second-order valence-electron chi connectivity index (χ2n) is 6.17. The van der Waals surface area contributed by atoms with Gasteiger partial charge in [-0.25, -0.2) is 0 Å². The Labute approximate surface area is 146 Å². The molecule has 1 aromatic carbocycles. The third kappa shape index (κ3) is 4.26. The standard InChI is InChI=1S/C17H22ClN3O3/c18-13-3-5-14(6-4-13)19-16(22)17(23)21-7-1-2-15(21)12-20-8-10-24-11-9-20/h3-6,15H,1-2,7-12H2,(H,19,22)/t15-/m1/s1. The highest BCUT2D eigenvalue weighted by atomic mass is 35.5. The molecule has 2 aliphatic rings. The Bertz CT molecular complexity index is 587. The molecule has 2 saturated heterocycles. The van der Waals surface area contributed by atoms with Gasteiger partial charge in [0.05, 0.1) is 13.2 Å². The van der Waals surface area contributed by atoms with Gasteiger partial charge in [-0.2, -0.15) is 0 Å². The van der Waals surface area contributed by atoms with E-state index >= 15 is 0 Å². The molecule has 2 fully saturated rings. The van der Waals surface area contributed by atoms with Gasteiger partial charge in [0, 0.05) is 42.9 Å². The van der Waals surface area contributed by atoms with Crippen molar-refractivity contribution in [3.05, 3.63) is 29.3 Å². The predicted molar refractivity (Wildman–Crippen MR) is 92.1 cm³/mol. The van der Waals surface area contributed by atoms with Gasteiger partial charge in [0.15, 0.2) is 0 Å². The lowest BCUT2D eigenvalue weighted by Crippen LogP contribution is -2.49. The van der Waals surface area contributed by atoms with Crippen molar-refractivity contribution < 1.29 is 14.3 Å². The lowest BCUT2D eigenvalue weighted by Gasteiger charge is -2.32. The van der Waals surface area contributed by atoms with Gasteiger partial charge in [-0.3, -0.25) is 14.5 Å². The van der Waals surface area contributed by atoms with Crippen LogP contribution in [-0.2, 0) is 14.3 Å². The minimum absolute atomic E-state index is 0.103. The summed E-state index contributed by atoms with van der Waals surface area (Å²) >= 11 is 5.82. The van der Waals surface area contributed by atoms with Crippen LogP contribution in [0.4, 0.5) is 5.69 Å². The number of morpholine rings is 1. The van der Waals surface area contributed by atoms with Crippen LogP contribution in [0.3, 0.4) is 0 Å². The summed E-state index contributed by atoms with van der Waals surface area (Å²) in [4.78, 5) is 28.8. The third-order valence-electron chi connectivity index (χ3n) is 4.51. The maximum atomic E-state index is 12.5. The Kier molecular flexibility index (Phi) is 5.71. The molecule has 2 amide bonds. The van der Waals surface area contributed by atoms with Crippen molar-refractivity contribution in [3.63, 3.8) is 0 Å². The molecule has 0 aromatic heterocycles. The van der Waals surface area contributed by atoms with Crippen molar-refractivity contribution in [2.75, 3.05) is 44.7 Å². The molecular weight excluding hydrogens is 330 g/mol. The Morgan fingerprint density at radius 3 is 2.58 bits per heavy atom. The van der Waals surface area contributed by atoms with Gasteiger partial charge in [-0.15, -0.1) is 0 Å². The van der Waals surface area contributed by atoms with Crippen molar-refractivity contribution in [2.24, 2.45) is 0 Å². The summed E-state index contributed by atoms with van der Waals surface area (Å²) in [6, 6.07) is 6.83. The minimum Gasteiger partial charge on any atom is -0.379 e. The molecule has 0 radical (unpaired) electrons. The van der Waals surface area contributed by atoms with Crippen LogP contribution in [0.5, 0.6) is 0 Å². The van der Waals surface area contributed by atoms with E-state index < -0.39 is 11.8 Å². The highest BCUT2D eigenvalue weighted by Gasteiger charge is 2.33. The van der Waals surface area contributed by atoms with E-state index in [2.05, 4.69) is 10.2 Å². The zero-order valence-corrected chi connectivity index (χ0v) is 14.3. The Morgan fingerprint density at radius 2 is 1.88 bits per heavy atom. The molecule has 0 aliphatic carbocycles. The Balaban J connectivity index is 1.57. The number of hydrogen-bond acceptors (Lipinski definition) is 4. The molecule has 0 unspecified atom stereocenters. The van der Waals surface area contributed by atoms with Gasteiger partial charge < -0.3 is 15.0 Å². The molecule has 0 saturated carbocycles.